The Morgan fingerprint density at radius 1 is 1.39 bits per heavy atom. The first kappa shape index (κ1) is 13.8. The van der Waals surface area contributed by atoms with Gasteiger partial charge in [0.2, 0.25) is 0 Å². The number of carboxylic acids is 1. The maximum atomic E-state index is 11.3. The zero-order valence-corrected chi connectivity index (χ0v) is 9.97. The number of carbonyl (C=O) groups excluding carboxylic acids is 1. The molecule has 1 amide bonds. The Bertz CT molecular complexity index is 444. The van der Waals surface area contributed by atoms with Crippen LogP contribution in [-0.4, -0.2) is 28.9 Å². The molecule has 0 saturated heterocycles. The molecule has 0 spiro atoms. The summed E-state index contributed by atoms with van der Waals surface area (Å²) in [6.07, 6.45) is 1.06. The van der Waals surface area contributed by atoms with Crippen molar-refractivity contribution in [1.29, 1.82) is 0 Å². The van der Waals surface area contributed by atoms with Crippen LogP contribution in [0.4, 0.5) is 10.5 Å². The number of nitrogens with one attached hydrogen (secondary N) is 1. The summed E-state index contributed by atoms with van der Waals surface area (Å²) in [4.78, 5) is 21.9. The second kappa shape index (κ2) is 6.48. The van der Waals surface area contributed by atoms with E-state index in [2.05, 4.69) is 5.32 Å². The molecule has 1 rings (SSSR count). The summed E-state index contributed by atoms with van der Waals surface area (Å²) in [7, 11) is 0. The molecular weight excluding hydrogens is 238 g/mol. The average molecular weight is 253 g/mol. The normalized spacial score (nSPS) is 9.83. The molecule has 0 unspecified atom stereocenters. The Labute approximate surface area is 104 Å². The van der Waals surface area contributed by atoms with E-state index in [1.807, 2.05) is 6.92 Å². The SMILES string of the molecule is CCCCOC(=O)Nc1ccc(C(=O)O)c(O)c1. The fourth-order valence-electron chi connectivity index (χ4n) is 1.25. The van der Waals surface area contributed by atoms with Crippen LogP contribution < -0.4 is 5.32 Å². The molecule has 0 bridgehead atoms. The van der Waals surface area contributed by atoms with E-state index in [4.69, 9.17) is 9.84 Å². The highest BCUT2D eigenvalue weighted by Crippen LogP contribution is 2.21. The van der Waals surface area contributed by atoms with Crippen molar-refractivity contribution in [3.63, 3.8) is 0 Å². The fourth-order valence-corrected chi connectivity index (χ4v) is 1.25. The topological polar surface area (TPSA) is 95.9 Å². The fraction of sp³-hybridized carbons (Fsp3) is 0.333. The minimum Gasteiger partial charge on any atom is -0.507 e. The number of rotatable bonds is 5. The molecule has 0 heterocycles. The summed E-state index contributed by atoms with van der Waals surface area (Å²) >= 11 is 0. The van der Waals surface area contributed by atoms with Gasteiger partial charge >= 0.3 is 12.1 Å². The molecule has 0 aliphatic rings. The van der Waals surface area contributed by atoms with Gasteiger partial charge in [-0.15, -0.1) is 0 Å². The van der Waals surface area contributed by atoms with Crippen molar-refractivity contribution >= 4 is 17.7 Å². The van der Waals surface area contributed by atoms with Crippen LogP contribution in [-0.2, 0) is 4.74 Å². The number of carbonyl (C=O) groups is 2. The lowest BCUT2D eigenvalue weighted by molar-refractivity contribution is 0.0693. The van der Waals surface area contributed by atoms with Crippen molar-refractivity contribution < 1.29 is 24.5 Å². The molecule has 0 saturated carbocycles. The molecule has 0 aliphatic heterocycles. The van der Waals surface area contributed by atoms with Crippen molar-refractivity contribution in [3.05, 3.63) is 23.8 Å². The summed E-state index contributed by atoms with van der Waals surface area (Å²) < 4.78 is 4.86. The maximum absolute atomic E-state index is 11.3. The van der Waals surface area contributed by atoms with Crippen LogP contribution >= 0.6 is 0 Å². The number of hydrogen-bond acceptors (Lipinski definition) is 4. The zero-order chi connectivity index (χ0) is 13.5. The van der Waals surface area contributed by atoms with Gasteiger partial charge in [-0.25, -0.2) is 9.59 Å². The first-order chi connectivity index (χ1) is 8.54. The number of phenols is 1. The molecular formula is C12H15NO5. The predicted octanol–water partition coefficient (Wildman–Crippen LogP) is 2.44. The van der Waals surface area contributed by atoms with E-state index in [1.165, 1.54) is 12.1 Å². The predicted molar refractivity (Wildman–Crippen MR) is 64.9 cm³/mol. The Kier molecular flexibility index (Phi) is 4.98. The van der Waals surface area contributed by atoms with E-state index in [9.17, 15) is 14.7 Å². The first-order valence-electron chi connectivity index (χ1n) is 5.54. The Morgan fingerprint density at radius 3 is 2.67 bits per heavy atom. The summed E-state index contributed by atoms with van der Waals surface area (Å²) in [6, 6.07) is 3.74. The summed E-state index contributed by atoms with van der Waals surface area (Å²) in [6.45, 7) is 2.30. The number of hydrogen-bond donors (Lipinski definition) is 3. The molecule has 0 radical (unpaired) electrons. The van der Waals surface area contributed by atoms with E-state index in [1.54, 1.807) is 0 Å². The van der Waals surface area contributed by atoms with E-state index in [0.717, 1.165) is 18.9 Å². The molecule has 1 aromatic carbocycles. The number of aromatic carboxylic acids is 1. The lowest BCUT2D eigenvalue weighted by atomic mass is 10.2. The number of anilines is 1. The van der Waals surface area contributed by atoms with Gasteiger partial charge in [-0.2, -0.15) is 0 Å². The number of unbranched alkanes of at least 4 members (excludes halogenated alkanes) is 1. The lowest BCUT2D eigenvalue weighted by Gasteiger charge is -2.07. The van der Waals surface area contributed by atoms with Gasteiger partial charge in [0.1, 0.15) is 11.3 Å². The summed E-state index contributed by atoms with van der Waals surface area (Å²) in [5.41, 5.74) is 0.0545. The van der Waals surface area contributed by atoms with Crippen LogP contribution in [0.5, 0.6) is 5.75 Å². The van der Waals surface area contributed by atoms with Gasteiger partial charge in [-0.1, -0.05) is 13.3 Å². The van der Waals surface area contributed by atoms with E-state index in [-0.39, 0.29) is 11.3 Å². The lowest BCUT2D eigenvalue weighted by Crippen LogP contribution is -2.14. The second-order valence-electron chi connectivity index (χ2n) is 3.65. The largest absolute Gasteiger partial charge is 0.507 e. The van der Waals surface area contributed by atoms with Gasteiger partial charge in [0.25, 0.3) is 0 Å². The average Bonchev–Trinajstić information content (AvgIpc) is 2.28. The van der Waals surface area contributed by atoms with E-state index in [0.29, 0.717) is 6.61 Å². The molecule has 3 N–H and O–H groups in total. The van der Waals surface area contributed by atoms with E-state index >= 15 is 0 Å². The molecule has 0 fully saturated rings. The number of aromatic hydroxyl groups is 1. The monoisotopic (exact) mass is 253 g/mol. The standard InChI is InChI=1S/C12H15NO5/c1-2-3-6-18-12(17)13-8-4-5-9(11(15)16)10(14)7-8/h4-5,7,14H,2-3,6H2,1H3,(H,13,17)(H,15,16). The van der Waals surface area contributed by atoms with Gasteiger partial charge in [-0.05, 0) is 18.6 Å². The van der Waals surface area contributed by atoms with E-state index < -0.39 is 17.8 Å². The van der Waals surface area contributed by atoms with Crippen molar-refractivity contribution in [2.24, 2.45) is 0 Å². The highest BCUT2D eigenvalue weighted by molar-refractivity contribution is 5.92. The molecule has 18 heavy (non-hydrogen) atoms. The van der Waals surface area contributed by atoms with Gasteiger partial charge in [0.15, 0.2) is 0 Å². The Hall–Kier alpha value is -2.24. The number of carboxylic acid groups (broad SMARTS) is 1. The third kappa shape index (κ3) is 3.97. The molecule has 98 valence electrons. The smallest absolute Gasteiger partial charge is 0.411 e. The van der Waals surface area contributed by atoms with Gasteiger partial charge in [-0.3, -0.25) is 5.32 Å². The summed E-state index contributed by atoms with van der Waals surface area (Å²) in [5, 5.41) is 20.5. The highest BCUT2D eigenvalue weighted by atomic mass is 16.5. The van der Waals surface area contributed by atoms with Crippen LogP contribution in [0.15, 0.2) is 18.2 Å². The van der Waals surface area contributed by atoms with Gasteiger partial charge in [0, 0.05) is 11.8 Å². The van der Waals surface area contributed by atoms with Crippen molar-refractivity contribution in [2.45, 2.75) is 19.8 Å². The molecule has 0 atom stereocenters. The third-order valence-corrected chi connectivity index (χ3v) is 2.21. The zero-order valence-electron chi connectivity index (χ0n) is 9.97. The third-order valence-electron chi connectivity index (χ3n) is 2.21. The highest BCUT2D eigenvalue weighted by Gasteiger charge is 2.11. The Balaban J connectivity index is 2.60. The molecule has 6 heteroatoms. The minimum absolute atomic E-state index is 0.222. The van der Waals surface area contributed by atoms with Gasteiger partial charge in [0.05, 0.1) is 6.61 Å². The molecule has 6 nitrogen and oxygen atoms in total. The van der Waals surface area contributed by atoms with Crippen LogP contribution in [0.25, 0.3) is 0 Å². The van der Waals surface area contributed by atoms with Gasteiger partial charge < -0.3 is 14.9 Å². The first-order valence-corrected chi connectivity index (χ1v) is 5.54. The minimum atomic E-state index is -1.23. The summed E-state index contributed by atoms with van der Waals surface area (Å²) in [5.74, 6) is -1.64. The second-order valence-corrected chi connectivity index (χ2v) is 3.65. The number of amides is 1. The Morgan fingerprint density at radius 2 is 2.11 bits per heavy atom. The van der Waals surface area contributed by atoms with Crippen molar-refractivity contribution in [1.82, 2.24) is 0 Å². The molecule has 1 aromatic rings. The van der Waals surface area contributed by atoms with Crippen LogP contribution in [0.2, 0.25) is 0 Å². The van der Waals surface area contributed by atoms with Crippen molar-refractivity contribution in [2.75, 3.05) is 11.9 Å². The van der Waals surface area contributed by atoms with Crippen LogP contribution in [0.3, 0.4) is 0 Å². The maximum Gasteiger partial charge on any atom is 0.411 e. The quantitative estimate of drug-likeness (QED) is 0.700. The molecule has 0 aliphatic carbocycles. The number of benzene rings is 1. The van der Waals surface area contributed by atoms with Crippen LogP contribution in [0, 0.1) is 0 Å². The molecule has 0 aromatic heterocycles. The van der Waals surface area contributed by atoms with Crippen LogP contribution in [0.1, 0.15) is 30.1 Å². The number of ether oxygens (including phenoxy) is 1. The van der Waals surface area contributed by atoms with Crippen molar-refractivity contribution in [3.8, 4) is 5.75 Å².